The van der Waals surface area contributed by atoms with Gasteiger partial charge in [0.15, 0.2) is 23.1 Å². The van der Waals surface area contributed by atoms with E-state index >= 15 is 0 Å². The molecule has 0 radical (unpaired) electrons. The van der Waals surface area contributed by atoms with E-state index < -0.39 is 0 Å². The Morgan fingerprint density at radius 3 is 1.00 bits per heavy atom. The van der Waals surface area contributed by atoms with Gasteiger partial charge in [0, 0.05) is 161 Å². The van der Waals surface area contributed by atoms with Crippen LogP contribution in [0.5, 0.6) is 0 Å². The smallest absolute Gasteiger partial charge is 0.168 e. The van der Waals surface area contributed by atoms with Crippen LogP contribution in [0, 0.1) is 21.7 Å². The zero-order valence-electron chi connectivity index (χ0n) is 75.5. The van der Waals surface area contributed by atoms with Gasteiger partial charge in [0.1, 0.15) is 0 Å². The minimum Gasteiger partial charge on any atom is -0.383 e. The Bertz CT molecular complexity index is 4190. The van der Waals surface area contributed by atoms with E-state index in [0.717, 1.165) is 96.4 Å². The summed E-state index contributed by atoms with van der Waals surface area (Å²) >= 11 is 0. The van der Waals surface area contributed by atoms with Crippen LogP contribution in [0.2, 0.25) is 0 Å². The fraction of sp³-hybridized carbons (Fsp3) is 0.520. The molecular formula is C100H148N8O4. The molecule has 0 saturated carbocycles. The monoisotopic (exact) mass is 1530 g/mol. The van der Waals surface area contributed by atoms with Crippen LogP contribution in [-0.2, 0) is 35.3 Å². The van der Waals surface area contributed by atoms with Crippen molar-refractivity contribution in [3.8, 4) is 0 Å². The van der Waals surface area contributed by atoms with Gasteiger partial charge in [-0.1, -0.05) is 133 Å². The highest BCUT2D eigenvalue weighted by Gasteiger charge is 2.34. The standard InChI is InChI=1S/2C18H25NO.2C17H26N2.2C15H23NO/c1-6-18(4,5)17(20)15-9-13-7-8-16(19-12(2)3)11-14(13)10-15;1-6-18(4,5)17(20)14-10-13-8-7-9-16(15(13)11-14)19-12(2)3;1-6-17(4,5)19-16-9-13-7-8-15(18-12(2)3)10-14(13)11-16;1-6-17(4,5)19-14-10-13-8-7-9-16(15(13)11-14)18-12(2)3;2*1-14(2,3)13(17)11-7-9-12(10-8-11)16-15(4,5)6/h7-8,10-12,19H,6,9H2,1-5H3;7-10,12,19H,6,11H2,1-5H3;7-8,10-12,18-19H,6,9H2,1-5H3;7-10,12,18-19H,6,11H2,1-5H3;2*7-10,16H,1-6H3. The topological polar surface area (TPSA) is 165 Å². The third kappa shape index (κ3) is 29.7. The lowest BCUT2D eigenvalue weighted by atomic mass is 9.81. The molecule has 6 aromatic carbocycles. The van der Waals surface area contributed by atoms with E-state index in [0.29, 0.717) is 24.2 Å². The van der Waals surface area contributed by atoms with E-state index in [1.807, 2.05) is 118 Å². The molecule has 4 aliphatic carbocycles. The SMILES string of the molecule is CC(C)(C)Nc1ccc(C(=O)C(C)(C)C)cc1.CC(C)(C)Nc1ccc(C(=O)C(C)(C)C)cc1.CCC(C)(C)C(=O)C1=Cc2cc(NC(C)C)ccc2C1.CCC(C)(C)C(=O)C1=Cc2cccc(NC(C)C)c2C1.CCC(C)(C)NC1=Cc2cc(NC(C)C)ccc2C1.CCC(C)(C)NC1=Cc2cccc(NC(C)C)c2C1. The molecule has 0 fully saturated rings. The number of Topliss-reactive ketones (excluding diaryl/α,β-unsaturated/α-hetero) is 4. The molecule has 12 nitrogen and oxygen atoms in total. The van der Waals surface area contributed by atoms with Crippen LogP contribution < -0.4 is 42.5 Å². The van der Waals surface area contributed by atoms with E-state index in [4.69, 9.17) is 0 Å². The first-order chi connectivity index (χ1) is 51.7. The first-order valence-electron chi connectivity index (χ1n) is 41.6. The number of fused-ring (bicyclic) bond motifs is 4. The number of nitrogens with one attached hydrogen (secondary N) is 8. The number of hydrogen-bond acceptors (Lipinski definition) is 12. The Labute approximate surface area is 679 Å². The summed E-state index contributed by atoms with van der Waals surface area (Å²) in [6.07, 6.45) is 16.3. The summed E-state index contributed by atoms with van der Waals surface area (Å²) in [5.41, 5.74) is 22.7. The van der Waals surface area contributed by atoms with Crippen molar-refractivity contribution in [2.24, 2.45) is 21.7 Å². The lowest BCUT2D eigenvalue weighted by Crippen LogP contribution is -2.37. The van der Waals surface area contributed by atoms with Crippen molar-refractivity contribution >= 4 is 81.6 Å². The lowest BCUT2D eigenvalue weighted by molar-refractivity contribution is -0.124. The second-order valence-electron chi connectivity index (χ2n) is 39.1. The minimum absolute atomic E-state index is 0.0373. The normalized spacial score (nSPS) is 13.7. The minimum atomic E-state index is -0.320. The predicted molar refractivity (Wildman–Crippen MR) is 488 cm³/mol. The number of carbonyl (C=O) groups excluding carboxylic acids is 4. The van der Waals surface area contributed by atoms with E-state index in [2.05, 4.69) is 292 Å². The summed E-state index contributed by atoms with van der Waals surface area (Å²) < 4.78 is 0. The molecule has 10 rings (SSSR count). The summed E-state index contributed by atoms with van der Waals surface area (Å²) in [4.78, 5) is 49.2. The van der Waals surface area contributed by atoms with Gasteiger partial charge in [0.2, 0.25) is 0 Å². The van der Waals surface area contributed by atoms with Gasteiger partial charge in [-0.2, -0.15) is 0 Å². The Kier molecular flexibility index (Phi) is 33.1. The van der Waals surface area contributed by atoms with Gasteiger partial charge in [-0.25, -0.2) is 0 Å². The number of hydrogen-bond donors (Lipinski definition) is 8. The molecule has 0 saturated heterocycles. The third-order valence-corrected chi connectivity index (χ3v) is 20.4. The number of rotatable bonds is 24. The highest BCUT2D eigenvalue weighted by atomic mass is 16.1. The maximum absolute atomic E-state index is 12.6. The van der Waals surface area contributed by atoms with Crippen molar-refractivity contribution in [1.82, 2.24) is 10.6 Å². The maximum atomic E-state index is 12.6. The third-order valence-electron chi connectivity index (χ3n) is 20.4. The van der Waals surface area contributed by atoms with E-state index in [1.165, 1.54) is 67.3 Å². The van der Waals surface area contributed by atoms with Crippen molar-refractivity contribution < 1.29 is 19.2 Å². The van der Waals surface area contributed by atoms with Crippen molar-refractivity contribution in [2.45, 2.75) is 319 Å². The molecule has 0 aliphatic heterocycles. The second kappa shape index (κ2) is 39.4. The summed E-state index contributed by atoms with van der Waals surface area (Å²) in [6, 6.07) is 43.0. The van der Waals surface area contributed by atoms with Gasteiger partial charge in [-0.3, -0.25) is 19.2 Å². The zero-order chi connectivity index (χ0) is 84.5. The van der Waals surface area contributed by atoms with Crippen molar-refractivity contribution in [3.05, 3.63) is 200 Å². The van der Waals surface area contributed by atoms with Gasteiger partial charge in [0.05, 0.1) is 0 Å². The van der Waals surface area contributed by atoms with Crippen LogP contribution in [0.3, 0.4) is 0 Å². The van der Waals surface area contributed by atoms with Crippen LogP contribution >= 0.6 is 0 Å². The quantitative estimate of drug-likeness (QED) is 0.0271. The molecule has 0 heterocycles. The van der Waals surface area contributed by atoms with Crippen molar-refractivity contribution in [1.29, 1.82) is 0 Å². The molecule has 0 bridgehead atoms. The predicted octanol–water partition coefficient (Wildman–Crippen LogP) is 25.5. The Morgan fingerprint density at radius 2 is 0.643 bits per heavy atom. The molecule has 112 heavy (non-hydrogen) atoms. The summed E-state index contributed by atoms with van der Waals surface area (Å²) in [7, 11) is 0. The van der Waals surface area contributed by atoms with Gasteiger partial charge in [-0.15, -0.1) is 0 Å². The number of anilines is 6. The van der Waals surface area contributed by atoms with E-state index in [9.17, 15) is 19.2 Å². The first kappa shape index (κ1) is 94.0. The van der Waals surface area contributed by atoms with E-state index in [1.54, 1.807) is 0 Å². The summed E-state index contributed by atoms with van der Waals surface area (Å²) in [6.45, 7) is 67.3. The molecule has 12 heteroatoms. The fourth-order valence-corrected chi connectivity index (χ4v) is 13.0. The van der Waals surface area contributed by atoms with Gasteiger partial charge >= 0.3 is 0 Å². The molecule has 0 aromatic heterocycles. The second-order valence-corrected chi connectivity index (χ2v) is 39.1. The molecular weight excluding hydrogens is 1380 g/mol. The zero-order valence-corrected chi connectivity index (χ0v) is 75.5. The van der Waals surface area contributed by atoms with Crippen LogP contribution in [0.4, 0.5) is 34.1 Å². The maximum Gasteiger partial charge on any atom is 0.168 e. The lowest BCUT2D eigenvalue weighted by Gasteiger charge is -2.26. The molecule has 4 aliphatic rings. The molecule has 0 atom stereocenters. The number of carbonyl (C=O) groups is 4. The molecule has 6 aromatic rings. The van der Waals surface area contributed by atoms with Crippen molar-refractivity contribution in [3.63, 3.8) is 0 Å². The average molecular weight is 1530 g/mol. The van der Waals surface area contributed by atoms with Crippen molar-refractivity contribution in [2.75, 3.05) is 31.9 Å². The van der Waals surface area contributed by atoms with Crippen LogP contribution in [0.1, 0.15) is 312 Å². The number of ketones is 4. The molecule has 0 spiro atoms. The van der Waals surface area contributed by atoms with Gasteiger partial charge in [-0.05, 0) is 304 Å². The molecule has 8 N–H and O–H groups in total. The Hall–Kier alpha value is -8.64. The number of benzene rings is 6. The highest BCUT2D eigenvalue weighted by molar-refractivity contribution is 6.06. The molecule has 612 valence electrons. The van der Waals surface area contributed by atoms with Crippen LogP contribution in [0.15, 0.2) is 144 Å². The first-order valence-corrected chi connectivity index (χ1v) is 41.6. The van der Waals surface area contributed by atoms with Gasteiger partial charge in [0.25, 0.3) is 0 Å². The van der Waals surface area contributed by atoms with E-state index in [-0.39, 0.29) is 66.9 Å². The Morgan fingerprint density at radius 1 is 0.321 bits per heavy atom. The number of allylic oxidation sites excluding steroid dienone is 4. The highest BCUT2D eigenvalue weighted by Crippen LogP contribution is 2.39. The van der Waals surface area contributed by atoms with Crippen LogP contribution in [-0.4, -0.2) is 69.5 Å². The summed E-state index contributed by atoms with van der Waals surface area (Å²) in [5.74, 6) is 0.931. The van der Waals surface area contributed by atoms with Gasteiger partial charge < -0.3 is 42.5 Å². The average Bonchev–Trinajstić information content (AvgIpc) is 1.68. The molecule has 0 amide bonds. The fourth-order valence-electron chi connectivity index (χ4n) is 13.0. The van der Waals surface area contributed by atoms with Crippen LogP contribution in [0.25, 0.3) is 24.3 Å². The largest absolute Gasteiger partial charge is 0.383 e. The summed E-state index contributed by atoms with van der Waals surface area (Å²) in [5, 5.41) is 27.9. The molecule has 0 unspecified atom stereocenters. The Balaban J connectivity index is 0.000000241.